The van der Waals surface area contributed by atoms with Crippen LogP contribution in [-0.4, -0.2) is 21.5 Å². The molecular formula is C13H17NO4S. The lowest BCUT2D eigenvalue weighted by molar-refractivity contribution is -0.140. The van der Waals surface area contributed by atoms with E-state index in [2.05, 4.69) is 4.74 Å². The monoisotopic (exact) mass is 283 g/mol. The van der Waals surface area contributed by atoms with Gasteiger partial charge in [-0.15, -0.1) is 0 Å². The Balaban J connectivity index is 2.48. The Morgan fingerprint density at radius 1 is 1.32 bits per heavy atom. The van der Waals surface area contributed by atoms with Gasteiger partial charge in [0.1, 0.15) is 0 Å². The van der Waals surface area contributed by atoms with Crippen LogP contribution in [-0.2, 0) is 19.6 Å². The molecule has 104 valence electrons. The fourth-order valence-corrected chi connectivity index (χ4v) is 1.97. The third kappa shape index (κ3) is 5.67. The number of rotatable bonds is 6. The van der Waals surface area contributed by atoms with Crippen LogP contribution in [0.15, 0.2) is 35.2 Å². The van der Waals surface area contributed by atoms with Gasteiger partial charge in [0.25, 0.3) is 0 Å². The van der Waals surface area contributed by atoms with Crippen molar-refractivity contribution >= 4 is 22.1 Å². The molecule has 0 radical (unpaired) electrons. The molecule has 0 amide bonds. The van der Waals surface area contributed by atoms with Crippen LogP contribution in [0.4, 0.5) is 0 Å². The van der Waals surface area contributed by atoms with Crippen molar-refractivity contribution in [3.63, 3.8) is 0 Å². The van der Waals surface area contributed by atoms with Crippen molar-refractivity contribution in [3.05, 3.63) is 35.9 Å². The first-order valence-corrected chi connectivity index (χ1v) is 7.34. The number of ether oxygens (including phenoxy) is 1. The first-order chi connectivity index (χ1) is 8.93. The second kappa shape index (κ2) is 7.06. The number of methoxy groups -OCH3 is 1. The van der Waals surface area contributed by atoms with Crippen LogP contribution in [0.2, 0.25) is 0 Å². The summed E-state index contributed by atoms with van der Waals surface area (Å²) >= 11 is 0. The molecule has 5 nitrogen and oxygen atoms in total. The topological polar surface area (TPSA) is 86.5 Å². The molecule has 0 atom stereocenters. The molecule has 0 fully saturated rings. The highest BCUT2D eigenvalue weighted by molar-refractivity contribution is 7.89. The number of hydrogen-bond donors (Lipinski definition) is 1. The second-order valence-corrected chi connectivity index (χ2v) is 5.55. The smallest absolute Gasteiger partial charge is 0.305 e. The molecule has 0 bridgehead atoms. The summed E-state index contributed by atoms with van der Waals surface area (Å²) in [4.78, 5) is 11.0. The summed E-state index contributed by atoms with van der Waals surface area (Å²) < 4.78 is 26.6. The predicted octanol–water partition coefficient (Wildman–Crippen LogP) is 1.69. The highest BCUT2D eigenvalue weighted by Gasteiger charge is 2.05. The summed E-state index contributed by atoms with van der Waals surface area (Å²) in [5, 5.41) is 5.00. The first-order valence-electron chi connectivity index (χ1n) is 5.79. The van der Waals surface area contributed by atoms with Crippen molar-refractivity contribution < 1.29 is 17.9 Å². The number of hydrogen-bond acceptors (Lipinski definition) is 4. The van der Waals surface area contributed by atoms with Gasteiger partial charge in [-0.3, -0.25) is 4.79 Å². The highest BCUT2D eigenvalue weighted by atomic mass is 32.2. The summed E-state index contributed by atoms with van der Waals surface area (Å²) in [6, 6.07) is 6.28. The van der Waals surface area contributed by atoms with Crippen LogP contribution < -0.4 is 5.14 Å². The van der Waals surface area contributed by atoms with E-state index < -0.39 is 10.0 Å². The lowest BCUT2D eigenvalue weighted by Gasteiger charge is -1.99. The van der Waals surface area contributed by atoms with E-state index in [0.29, 0.717) is 6.42 Å². The number of carbonyl (C=O) groups excluding carboxylic acids is 1. The molecule has 1 rings (SSSR count). The van der Waals surface area contributed by atoms with Crippen LogP contribution in [0.1, 0.15) is 24.8 Å². The number of primary sulfonamides is 1. The van der Waals surface area contributed by atoms with Gasteiger partial charge in [0.05, 0.1) is 12.0 Å². The minimum absolute atomic E-state index is 0.0929. The molecule has 6 heteroatoms. The molecule has 19 heavy (non-hydrogen) atoms. The van der Waals surface area contributed by atoms with Crippen molar-refractivity contribution in [2.45, 2.75) is 24.2 Å². The summed E-state index contributed by atoms with van der Waals surface area (Å²) in [5.41, 5.74) is 0.880. The Kier molecular flexibility index (Phi) is 5.72. The summed E-state index contributed by atoms with van der Waals surface area (Å²) in [7, 11) is -2.27. The number of sulfonamides is 1. The number of esters is 1. The Labute approximate surface area is 113 Å². The van der Waals surface area contributed by atoms with E-state index in [9.17, 15) is 13.2 Å². The highest BCUT2D eigenvalue weighted by Crippen LogP contribution is 2.10. The normalized spacial score (nSPS) is 11.7. The average Bonchev–Trinajstić information content (AvgIpc) is 2.37. The van der Waals surface area contributed by atoms with E-state index in [4.69, 9.17) is 5.14 Å². The van der Waals surface area contributed by atoms with Gasteiger partial charge in [-0.05, 0) is 30.5 Å². The molecule has 0 unspecified atom stereocenters. The zero-order chi connectivity index (χ0) is 14.3. The van der Waals surface area contributed by atoms with E-state index in [-0.39, 0.29) is 10.9 Å². The van der Waals surface area contributed by atoms with Gasteiger partial charge in [0, 0.05) is 6.42 Å². The van der Waals surface area contributed by atoms with Gasteiger partial charge in [0.2, 0.25) is 10.0 Å². The van der Waals surface area contributed by atoms with Gasteiger partial charge in [0.15, 0.2) is 0 Å². The Bertz CT molecular complexity index is 547. The number of allylic oxidation sites excluding steroid dienone is 1. The molecule has 0 saturated heterocycles. The molecule has 1 aromatic carbocycles. The van der Waals surface area contributed by atoms with E-state index in [1.807, 2.05) is 12.2 Å². The quantitative estimate of drug-likeness (QED) is 0.636. The van der Waals surface area contributed by atoms with Gasteiger partial charge in [-0.1, -0.05) is 24.3 Å². The van der Waals surface area contributed by atoms with Crippen LogP contribution in [0.25, 0.3) is 6.08 Å². The van der Waals surface area contributed by atoms with Crippen LogP contribution in [0, 0.1) is 0 Å². The van der Waals surface area contributed by atoms with Crippen molar-refractivity contribution in [1.29, 1.82) is 0 Å². The Morgan fingerprint density at radius 3 is 2.47 bits per heavy atom. The summed E-state index contributed by atoms with van der Waals surface area (Å²) in [6.07, 6.45) is 5.66. The molecule has 0 aliphatic carbocycles. The first kappa shape index (κ1) is 15.4. The zero-order valence-corrected chi connectivity index (χ0v) is 11.5. The van der Waals surface area contributed by atoms with Gasteiger partial charge in [-0.25, -0.2) is 13.6 Å². The number of carbonyl (C=O) groups is 1. The Hall–Kier alpha value is -1.66. The van der Waals surface area contributed by atoms with Crippen LogP contribution in [0.3, 0.4) is 0 Å². The third-order valence-electron chi connectivity index (χ3n) is 2.50. The number of benzene rings is 1. The maximum atomic E-state index is 11.1. The van der Waals surface area contributed by atoms with Crippen molar-refractivity contribution in [3.8, 4) is 0 Å². The minimum atomic E-state index is -3.64. The third-order valence-corrected chi connectivity index (χ3v) is 3.43. The van der Waals surface area contributed by atoms with E-state index >= 15 is 0 Å². The molecule has 0 aromatic heterocycles. The summed E-state index contributed by atoms with van der Waals surface area (Å²) in [5.74, 6) is -0.217. The lowest BCUT2D eigenvalue weighted by atomic mass is 10.1. The van der Waals surface area contributed by atoms with E-state index in [1.165, 1.54) is 19.2 Å². The van der Waals surface area contributed by atoms with Crippen molar-refractivity contribution in [1.82, 2.24) is 0 Å². The minimum Gasteiger partial charge on any atom is -0.469 e. The molecule has 0 spiro atoms. The van der Waals surface area contributed by atoms with Crippen LogP contribution in [0.5, 0.6) is 0 Å². The molecule has 0 aliphatic heterocycles. The number of nitrogens with two attached hydrogens (primary N) is 1. The average molecular weight is 283 g/mol. The predicted molar refractivity (Wildman–Crippen MR) is 72.7 cm³/mol. The van der Waals surface area contributed by atoms with Gasteiger partial charge in [-0.2, -0.15) is 0 Å². The van der Waals surface area contributed by atoms with E-state index in [0.717, 1.165) is 18.4 Å². The molecule has 0 saturated carbocycles. The SMILES string of the molecule is COC(=O)CCC/C=C/c1ccc(S(N)(=O)=O)cc1. The summed E-state index contributed by atoms with van der Waals surface area (Å²) in [6.45, 7) is 0. The molecule has 0 heterocycles. The van der Waals surface area contributed by atoms with Gasteiger partial charge < -0.3 is 4.74 Å². The fraction of sp³-hybridized carbons (Fsp3) is 0.308. The largest absolute Gasteiger partial charge is 0.469 e. The molecule has 1 aromatic rings. The lowest BCUT2D eigenvalue weighted by Crippen LogP contribution is -2.11. The molecule has 2 N–H and O–H groups in total. The number of unbranched alkanes of at least 4 members (excludes halogenated alkanes) is 1. The van der Waals surface area contributed by atoms with Crippen molar-refractivity contribution in [2.75, 3.05) is 7.11 Å². The maximum Gasteiger partial charge on any atom is 0.305 e. The zero-order valence-electron chi connectivity index (χ0n) is 10.7. The molecular weight excluding hydrogens is 266 g/mol. The van der Waals surface area contributed by atoms with E-state index in [1.54, 1.807) is 12.1 Å². The van der Waals surface area contributed by atoms with Crippen LogP contribution >= 0.6 is 0 Å². The molecule has 0 aliphatic rings. The van der Waals surface area contributed by atoms with Crippen molar-refractivity contribution in [2.24, 2.45) is 5.14 Å². The second-order valence-electron chi connectivity index (χ2n) is 3.98. The Morgan fingerprint density at radius 2 is 1.95 bits per heavy atom. The van der Waals surface area contributed by atoms with Gasteiger partial charge >= 0.3 is 5.97 Å². The maximum absolute atomic E-state index is 11.1. The fourth-order valence-electron chi connectivity index (χ4n) is 1.45. The standard InChI is InChI=1S/C13H17NO4S/c1-18-13(15)6-4-2-3-5-11-7-9-12(10-8-11)19(14,16)17/h3,5,7-10H,2,4,6H2,1H3,(H2,14,16,17)/b5-3+.